The maximum Gasteiger partial charge on any atom is 0.183 e. The summed E-state index contributed by atoms with van der Waals surface area (Å²) in [5.74, 6) is 0.904. The van der Waals surface area contributed by atoms with Gasteiger partial charge in [-0.3, -0.25) is 0 Å². The molecule has 0 fully saturated rings. The summed E-state index contributed by atoms with van der Waals surface area (Å²) in [5, 5.41) is 0. The summed E-state index contributed by atoms with van der Waals surface area (Å²) in [5.41, 5.74) is 8.97. The number of ether oxygens (including phenoxy) is 1. The summed E-state index contributed by atoms with van der Waals surface area (Å²) in [7, 11) is 0. The van der Waals surface area contributed by atoms with Gasteiger partial charge in [-0.1, -0.05) is 42.0 Å². The molecule has 0 amide bonds. The van der Waals surface area contributed by atoms with E-state index in [9.17, 15) is 0 Å². The van der Waals surface area contributed by atoms with E-state index in [0.717, 1.165) is 5.56 Å². The van der Waals surface area contributed by atoms with E-state index >= 15 is 0 Å². The molecule has 0 unspecified atom stereocenters. The van der Waals surface area contributed by atoms with Crippen molar-refractivity contribution in [3.05, 3.63) is 66.6 Å². The quantitative estimate of drug-likeness (QED) is 0.812. The Labute approximate surface area is 101 Å². The van der Waals surface area contributed by atoms with Crippen molar-refractivity contribution in [1.82, 2.24) is 0 Å². The number of aryl methyl sites for hydroxylation is 1. The molecular formula is C15H15NO. The Morgan fingerprint density at radius 2 is 1.41 bits per heavy atom. The van der Waals surface area contributed by atoms with Gasteiger partial charge >= 0.3 is 0 Å². The van der Waals surface area contributed by atoms with E-state index < -0.39 is 0 Å². The molecule has 0 atom stereocenters. The van der Waals surface area contributed by atoms with Gasteiger partial charge in [0.25, 0.3) is 0 Å². The monoisotopic (exact) mass is 225 g/mol. The molecule has 2 aromatic rings. The van der Waals surface area contributed by atoms with Crippen LogP contribution in [0.5, 0.6) is 5.75 Å². The molecule has 0 heterocycles. The molecule has 17 heavy (non-hydrogen) atoms. The lowest BCUT2D eigenvalue weighted by molar-refractivity contribution is 0.422. The minimum Gasteiger partial charge on any atom is -0.442 e. The van der Waals surface area contributed by atoms with Crippen LogP contribution in [0, 0.1) is 6.92 Å². The van der Waals surface area contributed by atoms with E-state index in [2.05, 4.69) is 37.8 Å². The van der Waals surface area contributed by atoms with Gasteiger partial charge in [-0.05, 0) is 36.8 Å². The second-order valence-corrected chi connectivity index (χ2v) is 3.96. The van der Waals surface area contributed by atoms with Gasteiger partial charge in [-0.2, -0.15) is 0 Å². The van der Waals surface area contributed by atoms with Gasteiger partial charge in [-0.25, -0.2) is 0 Å². The smallest absolute Gasteiger partial charge is 0.183 e. The van der Waals surface area contributed by atoms with Crippen LogP contribution in [0.15, 0.2) is 61.0 Å². The molecule has 0 aliphatic carbocycles. The van der Waals surface area contributed by atoms with Crippen LogP contribution in [0.2, 0.25) is 0 Å². The van der Waals surface area contributed by atoms with Crippen molar-refractivity contribution in [2.45, 2.75) is 6.92 Å². The Morgan fingerprint density at radius 1 is 0.941 bits per heavy atom. The van der Waals surface area contributed by atoms with Crippen LogP contribution in [0.1, 0.15) is 5.56 Å². The summed E-state index contributed by atoms with van der Waals surface area (Å²) in [6.45, 7) is 5.57. The zero-order valence-electron chi connectivity index (χ0n) is 9.81. The first-order valence-electron chi connectivity index (χ1n) is 5.44. The fraction of sp³-hybridized carbons (Fsp3) is 0.0667. The SMILES string of the molecule is C=C(N)Oc1ccc(-c2ccc(C)cc2)cc1. The van der Waals surface area contributed by atoms with Gasteiger partial charge in [0.1, 0.15) is 5.75 Å². The van der Waals surface area contributed by atoms with Crippen molar-refractivity contribution in [2.24, 2.45) is 5.73 Å². The second-order valence-electron chi connectivity index (χ2n) is 3.96. The van der Waals surface area contributed by atoms with E-state index in [1.54, 1.807) is 0 Å². The predicted octanol–water partition coefficient (Wildman–Crippen LogP) is 3.47. The first kappa shape index (κ1) is 11.3. The second kappa shape index (κ2) is 4.74. The molecule has 2 rings (SSSR count). The van der Waals surface area contributed by atoms with Crippen molar-refractivity contribution in [2.75, 3.05) is 0 Å². The molecule has 0 bridgehead atoms. The zero-order chi connectivity index (χ0) is 12.3. The van der Waals surface area contributed by atoms with Crippen molar-refractivity contribution in [1.29, 1.82) is 0 Å². The third-order valence-electron chi connectivity index (χ3n) is 2.49. The Hall–Kier alpha value is -2.22. The van der Waals surface area contributed by atoms with Gasteiger partial charge in [0.2, 0.25) is 0 Å². The van der Waals surface area contributed by atoms with Gasteiger partial charge in [0.05, 0.1) is 0 Å². The van der Waals surface area contributed by atoms with Crippen molar-refractivity contribution in [3.8, 4) is 16.9 Å². The number of hydrogen-bond acceptors (Lipinski definition) is 2. The maximum atomic E-state index is 5.37. The molecule has 0 aliphatic heterocycles. The molecule has 0 aliphatic rings. The summed E-state index contributed by atoms with van der Waals surface area (Å²) in [6.07, 6.45) is 0. The first-order valence-corrected chi connectivity index (χ1v) is 5.44. The lowest BCUT2D eigenvalue weighted by Gasteiger charge is -2.06. The highest BCUT2D eigenvalue weighted by atomic mass is 16.5. The molecule has 0 radical (unpaired) electrons. The highest BCUT2D eigenvalue weighted by Crippen LogP contribution is 2.23. The van der Waals surface area contributed by atoms with Gasteiger partial charge < -0.3 is 10.5 Å². The van der Waals surface area contributed by atoms with E-state index in [4.69, 9.17) is 10.5 Å². The third kappa shape index (κ3) is 2.88. The average Bonchev–Trinajstić information content (AvgIpc) is 2.30. The molecule has 2 aromatic carbocycles. The van der Waals surface area contributed by atoms with Crippen LogP contribution in [0.4, 0.5) is 0 Å². The fourth-order valence-electron chi connectivity index (χ4n) is 1.61. The summed E-state index contributed by atoms with van der Waals surface area (Å²) in [6, 6.07) is 16.2. The van der Waals surface area contributed by atoms with Gasteiger partial charge in [0, 0.05) is 0 Å². The van der Waals surface area contributed by atoms with Crippen LogP contribution in [0.25, 0.3) is 11.1 Å². The molecule has 86 valence electrons. The minimum atomic E-state index is 0.202. The Morgan fingerprint density at radius 3 is 1.88 bits per heavy atom. The Bertz CT molecular complexity index is 512. The molecular weight excluding hydrogens is 210 g/mol. The summed E-state index contributed by atoms with van der Waals surface area (Å²) in [4.78, 5) is 0. The Balaban J connectivity index is 2.23. The number of nitrogens with two attached hydrogens (primary N) is 1. The Kier molecular flexibility index (Phi) is 3.15. The standard InChI is InChI=1S/C15H15NO/c1-11-3-5-13(6-4-11)14-7-9-15(10-8-14)17-12(2)16/h3-10H,2,16H2,1H3. The van der Waals surface area contributed by atoms with Gasteiger partial charge in [-0.15, -0.1) is 0 Å². The van der Waals surface area contributed by atoms with Crippen molar-refractivity contribution < 1.29 is 4.74 Å². The van der Waals surface area contributed by atoms with Crippen LogP contribution < -0.4 is 10.5 Å². The summed E-state index contributed by atoms with van der Waals surface area (Å²) >= 11 is 0. The van der Waals surface area contributed by atoms with Crippen molar-refractivity contribution in [3.63, 3.8) is 0 Å². The largest absolute Gasteiger partial charge is 0.442 e. The summed E-state index contributed by atoms with van der Waals surface area (Å²) < 4.78 is 5.21. The molecule has 2 heteroatoms. The number of hydrogen-bond donors (Lipinski definition) is 1. The molecule has 0 aromatic heterocycles. The topological polar surface area (TPSA) is 35.2 Å². The highest BCUT2D eigenvalue weighted by molar-refractivity contribution is 5.64. The molecule has 0 saturated carbocycles. The average molecular weight is 225 g/mol. The van der Waals surface area contributed by atoms with Crippen molar-refractivity contribution >= 4 is 0 Å². The molecule has 0 spiro atoms. The number of rotatable bonds is 3. The fourth-order valence-corrected chi connectivity index (χ4v) is 1.61. The van der Waals surface area contributed by atoms with E-state index in [1.807, 2.05) is 24.3 Å². The van der Waals surface area contributed by atoms with E-state index in [-0.39, 0.29) is 5.88 Å². The van der Waals surface area contributed by atoms with Crippen LogP contribution in [0.3, 0.4) is 0 Å². The van der Waals surface area contributed by atoms with Crippen LogP contribution in [-0.4, -0.2) is 0 Å². The maximum absolute atomic E-state index is 5.37. The first-order chi connectivity index (χ1) is 8.15. The lowest BCUT2D eigenvalue weighted by Crippen LogP contribution is -2.02. The van der Waals surface area contributed by atoms with Gasteiger partial charge in [0.15, 0.2) is 5.88 Å². The number of benzene rings is 2. The van der Waals surface area contributed by atoms with Crippen LogP contribution >= 0.6 is 0 Å². The predicted molar refractivity (Wildman–Crippen MR) is 70.6 cm³/mol. The van der Waals surface area contributed by atoms with E-state index in [0.29, 0.717) is 5.75 Å². The lowest BCUT2D eigenvalue weighted by atomic mass is 10.0. The molecule has 2 N–H and O–H groups in total. The normalized spacial score (nSPS) is 9.94. The third-order valence-corrected chi connectivity index (χ3v) is 2.49. The zero-order valence-corrected chi connectivity index (χ0v) is 9.81. The van der Waals surface area contributed by atoms with E-state index in [1.165, 1.54) is 11.1 Å². The highest BCUT2D eigenvalue weighted by Gasteiger charge is 1.98. The molecule has 0 saturated heterocycles. The minimum absolute atomic E-state index is 0.202. The molecule has 2 nitrogen and oxygen atoms in total. The van der Waals surface area contributed by atoms with Crippen LogP contribution in [-0.2, 0) is 0 Å².